The largest absolute Gasteiger partial charge is 0.399 e. The summed E-state index contributed by atoms with van der Waals surface area (Å²) in [4.78, 5) is 10.3. The summed E-state index contributed by atoms with van der Waals surface area (Å²) < 4.78 is 37.0. The minimum absolute atomic E-state index is 0.129. The van der Waals surface area contributed by atoms with Crippen LogP contribution in [0.2, 0.25) is 0 Å². The van der Waals surface area contributed by atoms with E-state index in [0.29, 0.717) is 0 Å². The number of rotatable bonds is 4. The number of benzene rings is 1. The highest BCUT2D eigenvalue weighted by molar-refractivity contribution is 7.91. The number of carbonyl (C=O) groups excluding carboxylic acids is 1. The fourth-order valence-electron chi connectivity index (χ4n) is 1.27. The Morgan fingerprint density at radius 3 is 2.53 bits per heavy atom. The van der Waals surface area contributed by atoms with E-state index < -0.39 is 38.1 Å². The van der Waals surface area contributed by atoms with Crippen LogP contribution in [0, 0.1) is 11.7 Å². The number of halogens is 1. The second-order valence-corrected chi connectivity index (χ2v) is 5.78. The van der Waals surface area contributed by atoms with Gasteiger partial charge in [0.25, 0.3) is 0 Å². The summed E-state index contributed by atoms with van der Waals surface area (Å²) in [6.45, 7) is 1.37. The van der Waals surface area contributed by atoms with Gasteiger partial charge in [-0.15, -0.1) is 0 Å². The number of primary amides is 1. The minimum Gasteiger partial charge on any atom is -0.399 e. The van der Waals surface area contributed by atoms with Gasteiger partial charge in [0, 0.05) is 11.6 Å². The Bertz CT molecular complexity index is 542. The van der Waals surface area contributed by atoms with E-state index in [1.807, 2.05) is 0 Å². The third-order valence-electron chi connectivity index (χ3n) is 2.25. The van der Waals surface area contributed by atoms with Crippen molar-refractivity contribution in [2.75, 3.05) is 11.5 Å². The molecule has 1 aromatic rings. The fraction of sp³-hybridized carbons (Fsp3) is 0.300. The molecule has 1 aromatic carbocycles. The van der Waals surface area contributed by atoms with E-state index in [9.17, 15) is 17.6 Å². The highest BCUT2D eigenvalue weighted by atomic mass is 32.2. The Morgan fingerprint density at radius 2 is 2.06 bits per heavy atom. The molecule has 0 aromatic heterocycles. The van der Waals surface area contributed by atoms with E-state index in [2.05, 4.69) is 0 Å². The molecule has 0 aliphatic carbocycles. The second kappa shape index (κ2) is 4.70. The van der Waals surface area contributed by atoms with Crippen molar-refractivity contribution >= 4 is 21.4 Å². The van der Waals surface area contributed by atoms with Crippen LogP contribution in [-0.2, 0) is 14.6 Å². The van der Waals surface area contributed by atoms with Gasteiger partial charge < -0.3 is 11.5 Å². The lowest BCUT2D eigenvalue weighted by Gasteiger charge is -2.09. The quantitative estimate of drug-likeness (QED) is 0.760. The predicted molar refractivity (Wildman–Crippen MR) is 61.2 cm³/mol. The van der Waals surface area contributed by atoms with Crippen molar-refractivity contribution in [1.82, 2.24) is 0 Å². The second-order valence-electron chi connectivity index (χ2n) is 3.77. The van der Waals surface area contributed by atoms with Gasteiger partial charge in [-0.05, 0) is 18.2 Å². The van der Waals surface area contributed by atoms with Crippen molar-refractivity contribution < 1.29 is 17.6 Å². The van der Waals surface area contributed by atoms with E-state index in [-0.39, 0.29) is 5.69 Å². The molecule has 0 saturated heterocycles. The molecular formula is C10H13FN2O3S. The van der Waals surface area contributed by atoms with Crippen molar-refractivity contribution in [3.8, 4) is 0 Å². The number of hydrogen-bond acceptors (Lipinski definition) is 4. The first-order valence-corrected chi connectivity index (χ1v) is 6.46. The molecule has 1 amide bonds. The molecule has 1 rings (SSSR count). The lowest BCUT2D eigenvalue weighted by atomic mass is 10.2. The predicted octanol–water partition coefficient (Wildman–Crippen LogP) is 0.303. The molecule has 17 heavy (non-hydrogen) atoms. The Hall–Kier alpha value is -1.63. The summed E-state index contributed by atoms with van der Waals surface area (Å²) in [7, 11) is -3.88. The Morgan fingerprint density at radius 1 is 1.47 bits per heavy atom. The Balaban J connectivity index is 3.10. The molecule has 0 heterocycles. The van der Waals surface area contributed by atoms with E-state index in [1.54, 1.807) is 0 Å². The van der Waals surface area contributed by atoms with Crippen LogP contribution in [-0.4, -0.2) is 20.1 Å². The van der Waals surface area contributed by atoms with Gasteiger partial charge in [-0.25, -0.2) is 12.8 Å². The standard InChI is InChI=1S/C10H13FN2O3S/c1-6(10(13)14)5-17(15,16)9-3-2-7(12)4-8(9)11/h2-4,6H,5,12H2,1H3,(H2,13,14). The number of nitrogens with two attached hydrogens (primary N) is 2. The lowest BCUT2D eigenvalue weighted by molar-refractivity contribution is -0.120. The number of amides is 1. The van der Waals surface area contributed by atoms with Crippen LogP contribution in [0.3, 0.4) is 0 Å². The lowest BCUT2D eigenvalue weighted by Crippen LogP contribution is -2.27. The van der Waals surface area contributed by atoms with Gasteiger partial charge in [-0.2, -0.15) is 0 Å². The highest BCUT2D eigenvalue weighted by Crippen LogP contribution is 2.20. The van der Waals surface area contributed by atoms with Crippen molar-refractivity contribution in [3.05, 3.63) is 24.0 Å². The fourth-order valence-corrected chi connectivity index (χ4v) is 2.90. The van der Waals surface area contributed by atoms with Gasteiger partial charge in [-0.3, -0.25) is 4.79 Å². The summed E-state index contributed by atoms with van der Waals surface area (Å²) in [5.41, 5.74) is 10.4. The van der Waals surface area contributed by atoms with E-state index in [1.165, 1.54) is 13.0 Å². The Kier molecular flexibility index (Phi) is 3.72. The van der Waals surface area contributed by atoms with Crippen LogP contribution in [0.1, 0.15) is 6.92 Å². The zero-order chi connectivity index (χ0) is 13.2. The van der Waals surface area contributed by atoms with Crippen molar-refractivity contribution in [1.29, 1.82) is 0 Å². The van der Waals surface area contributed by atoms with Crippen LogP contribution in [0.25, 0.3) is 0 Å². The van der Waals surface area contributed by atoms with Crippen molar-refractivity contribution in [3.63, 3.8) is 0 Å². The average Bonchev–Trinajstić information content (AvgIpc) is 2.15. The molecule has 7 heteroatoms. The average molecular weight is 260 g/mol. The van der Waals surface area contributed by atoms with E-state index in [4.69, 9.17) is 11.5 Å². The smallest absolute Gasteiger partial charge is 0.221 e. The minimum atomic E-state index is -3.88. The summed E-state index contributed by atoms with van der Waals surface area (Å²) in [5, 5.41) is 0. The molecule has 0 radical (unpaired) electrons. The van der Waals surface area contributed by atoms with Gasteiger partial charge in [0.15, 0.2) is 9.84 Å². The summed E-state index contributed by atoms with van der Waals surface area (Å²) in [6.07, 6.45) is 0. The highest BCUT2D eigenvalue weighted by Gasteiger charge is 2.24. The molecule has 5 nitrogen and oxygen atoms in total. The van der Waals surface area contributed by atoms with E-state index >= 15 is 0 Å². The molecule has 0 fully saturated rings. The molecule has 0 aliphatic rings. The van der Waals surface area contributed by atoms with Crippen LogP contribution in [0.4, 0.5) is 10.1 Å². The monoisotopic (exact) mass is 260 g/mol. The number of anilines is 1. The first-order valence-electron chi connectivity index (χ1n) is 4.81. The SMILES string of the molecule is CC(CS(=O)(=O)c1ccc(N)cc1F)C(N)=O. The van der Waals surface area contributed by atoms with Crippen molar-refractivity contribution in [2.24, 2.45) is 11.7 Å². The summed E-state index contributed by atoms with van der Waals surface area (Å²) in [6, 6.07) is 3.28. The zero-order valence-corrected chi connectivity index (χ0v) is 10.00. The summed E-state index contributed by atoms with van der Waals surface area (Å²) >= 11 is 0. The molecule has 0 spiro atoms. The van der Waals surface area contributed by atoms with Gasteiger partial charge in [0.1, 0.15) is 10.7 Å². The number of hydrogen-bond donors (Lipinski definition) is 2. The maximum atomic E-state index is 13.4. The molecular weight excluding hydrogens is 247 g/mol. The normalized spacial score (nSPS) is 13.3. The molecule has 0 aliphatic heterocycles. The maximum absolute atomic E-state index is 13.4. The molecule has 0 bridgehead atoms. The molecule has 0 saturated carbocycles. The van der Waals surface area contributed by atoms with E-state index in [0.717, 1.165) is 12.1 Å². The maximum Gasteiger partial charge on any atom is 0.221 e. The van der Waals surface area contributed by atoms with Gasteiger partial charge >= 0.3 is 0 Å². The zero-order valence-electron chi connectivity index (χ0n) is 9.18. The number of carbonyl (C=O) groups is 1. The topological polar surface area (TPSA) is 103 Å². The van der Waals surface area contributed by atoms with Gasteiger partial charge in [0.05, 0.1) is 5.75 Å². The third kappa shape index (κ3) is 3.16. The van der Waals surface area contributed by atoms with Crippen LogP contribution in [0.5, 0.6) is 0 Å². The van der Waals surface area contributed by atoms with Gasteiger partial charge in [0.2, 0.25) is 5.91 Å². The van der Waals surface area contributed by atoms with Crippen LogP contribution >= 0.6 is 0 Å². The first-order chi connectivity index (χ1) is 7.74. The summed E-state index contributed by atoms with van der Waals surface area (Å²) in [5.74, 6) is -3.08. The molecule has 1 unspecified atom stereocenters. The Labute approximate surface area is 98.5 Å². The van der Waals surface area contributed by atoms with Crippen LogP contribution in [0.15, 0.2) is 23.1 Å². The van der Waals surface area contributed by atoms with Crippen LogP contribution < -0.4 is 11.5 Å². The van der Waals surface area contributed by atoms with Crippen molar-refractivity contribution in [2.45, 2.75) is 11.8 Å². The molecule has 94 valence electrons. The molecule has 1 atom stereocenters. The third-order valence-corrected chi connectivity index (χ3v) is 4.19. The first kappa shape index (κ1) is 13.4. The molecule has 4 N–H and O–H groups in total. The number of sulfone groups is 1. The number of nitrogen functional groups attached to an aromatic ring is 1. The van der Waals surface area contributed by atoms with Gasteiger partial charge in [-0.1, -0.05) is 6.92 Å².